The number of benzene rings is 2. The van der Waals surface area contributed by atoms with E-state index in [0.717, 1.165) is 27.3 Å². The van der Waals surface area contributed by atoms with E-state index in [1.165, 1.54) is 25.1 Å². The molecular weight excluding hydrogens is 375 g/mol. The number of amides is 1. The molecule has 0 spiro atoms. The van der Waals surface area contributed by atoms with Gasteiger partial charge in [0.25, 0.3) is 0 Å². The maximum absolute atomic E-state index is 14.1. The highest BCUT2D eigenvalue weighted by Crippen LogP contribution is 2.28. The summed E-state index contributed by atoms with van der Waals surface area (Å²) in [7, 11) is -3.87. The van der Waals surface area contributed by atoms with Crippen LogP contribution in [0.4, 0.5) is 15.8 Å². The minimum Gasteiger partial charge on any atom is -0.323 e. The smallest absolute Gasteiger partial charge is 0.248 e. The van der Waals surface area contributed by atoms with Gasteiger partial charge in [-0.05, 0) is 36.9 Å². The van der Waals surface area contributed by atoms with Crippen LogP contribution in [0.5, 0.6) is 0 Å². The number of carbonyl (C=O) groups excluding carboxylic acids is 1. The first-order valence-corrected chi connectivity index (χ1v) is 10.9. The van der Waals surface area contributed by atoms with Crippen molar-refractivity contribution >= 4 is 39.1 Å². The van der Waals surface area contributed by atoms with E-state index in [1.54, 1.807) is 23.9 Å². The lowest BCUT2D eigenvalue weighted by atomic mass is 10.2. The molecule has 0 saturated heterocycles. The number of nitrogens with zero attached hydrogens (tertiary/aromatic N) is 1. The largest absolute Gasteiger partial charge is 0.323 e. The molecular formula is C18H21FN2O3S2. The van der Waals surface area contributed by atoms with Gasteiger partial charge in [-0.25, -0.2) is 12.8 Å². The lowest BCUT2D eigenvalue weighted by Crippen LogP contribution is -2.45. The van der Waals surface area contributed by atoms with E-state index in [4.69, 9.17) is 0 Å². The number of nitrogens with one attached hydrogen (secondary N) is 1. The maximum atomic E-state index is 14.1. The van der Waals surface area contributed by atoms with Crippen molar-refractivity contribution in [1.29, 1.82) is 0 Å². The van der Waals surface area contributed by atoms with Crippen LogP contribution < -0.4 is 9.62 Å². The van der Waals surface area contributed by atoms with Crippen LogP contribution in [-0.2, 0) is 14.8 Å². The van der Waals surface area contributed by atoms with Crippen molar-refractivity contribution in [2.75, 3.05) is 21.6 Å². The fourth-order valence-corrected chi connectivity index (χ4v) is 4.44. The van der Waals surface area contributed by atoms with Crippen molar-refractivity contribution in [2.24, 2.45) is 0 Å². The fraction of sp³-hybridized carbons (Fsp3) is 0.278. The highest BCUT2D eigenvalue weighted by molar-refractivity contribution is 7.99. The van der Waals surface area contributed by atoms with Gasteiger partial charge in [0, 0.05) is 4.90 Å². The third kappa shape index (κ3) is 4.76. The second kappa shape index (κ2) is 8.55. The zero-order chi connectivity index (χ0) is 19.3. The first kappa shape index (κ1) is 20.3. The summed E-state index contributed by atoms with van der Waals surface area (Å²) in [6, 6.07) is 11.6. The van der Waals surface area contributed by atoms with Gasteiger partial charge >= 0.3 is 0 Å². The van der Waals surface area contributed by atoms with Crippen LogP contribution in [0.1, 0.15) is 13.8 Å². The summed E-state index contributed by atoms with van der Waals surface area (Å²) in [6.07, 6.45) is 0.949. The van der Waals surface area contributed by atoms with Crippen molar-refractivity contribution < 1.29 is 17.6 Å². The van der Waals surface area contributed by atoms with Crippen LogP contribution in [0.15, 0.2) is 53.4 Å². The monoisotopic (exact) mass is 396 g/mol. The molecule has 0 aliphatic heterocycles. The van der Waals surface area contributed by atoms with Gasteiger partial charge in [0.2, 0.25) is 15.9 Å². The molecule has 1 N–H and O–H groups in total. The van der Waals surface area contributed by atoms with Crippen LogP contribution in [0.2, 0.25) is 0 Å². The normalized spacial score (nSPS) is 12.5. The fourth-order valence-electron chi connectivity index (χ4n) is 2.50. The Kier molecular flexibility index (Phi) is 6.66. The lowest BCUT2D eigenvalue weighted by Gasteiger charge is -2.28. The molecule has 26 heavy (non-hydrogen) atoms. The van der Waals surface area contributed by atoms with Crippen molar-refractivity contribution in [1.82, 2.24) is 0 Å². The number of hydrogen-bond acceptors (Lipinski definition) is 4. The van der Waals surface area contributed by atoms with Crippen molar-refractivity contribution in [3.05, 3.63) is 54.3 Å². The molecule has 2 aromatic rings. The van der Waals surface area contributed by atoms with Crippen LogP contribution in [-0.4, -0.2) is 32.4 Å². The Bertz CT molecular complexity index is 888. The number of para-hydroxylation sites is 2. The number of anilines is 2. The van der Waals surface area contributed by atoms with E-state index in [2.05, 4.69) is 5.32 Å². The highest BCUT2D eigenvalue weighted by atomic mass is 32.2. The Balaban J connectivity index is 2.34. The van der Waals surface area contributed by atoms with Crippen molar-refractivity contribution in [3.63, 3.8) is 0 Å². The zero-order valence-corrected chi connectivity index (χ0v) is 16.4. The molecule has 5 nitrogen and oxygen atoms in total. The molecule has 0 fully saturated rings. The molecule has 140 valence electrons. The molecule has 0 saturated carbocycles. The molecule has 0 aliphatic rings. The number of thioether (sulfide) groups is 1. The predicted octanol–water partition coefficient (Wildman–Crippen LogP) is 3.73. The Hall–Kier alpha value is -2.06. The zero-order valence-electron chi connectivity index (χ0n) is 14.8. The van der Waals surface area contributed by atoms with E-state index >= 15 is 0 Å². The van der Waals surface area contributed by atoms with Gasteiger partial charge in [0.05, 0.1) is 17.6 Å². The number of rotatable bonds is 7. The highest BCUT2D eigenvalue weighted by Gasteiger charge is 2.31. The van der Waals surface area contributed by atoms with Crippen molar-refractivity contribution in [3.8, 4) is 0 Å². The summed E-state index contributed by atoms with van der Waals surface area (Å²) < 4.78 is 39.4. The summed E-state index contributed by atoms with van der Waals surface area (Å²) in [6.45, 7) is 3.42. The Morgan fingerprint density at radius 1 is 1.19 bits per heavy atom. The maximum Gasteiger partial charge on any atom is 0.248 e. The van der Waals surface area contributed by atoms with Gasteiger partial charge in [0.15, 0.2) is 0 Å². The van der Waals surface area contributed by atoms with Crippen LogP contribution in [0, 0.1) is 5.82 Å². The number of sulfonamides is 1. The van der Waals surface area contributed by atoms with Crippen LogP contribution >= 0.6 is 11.8 Å². The summed E-state index contributed by atoms with van der Waals surface area (Å²) in [5.74, 6) is -0.421. The first-order valence-electron chi connectivity index (χ1n) is 8.02. The number of halogens is 1. The molecule has 0 heterocycles. The molecule has 0 bridgehead atoms. The van der Waals surface area contributed by atoms with E-state index in [0.29, 0.717) is 5.69 Å². The molecule has 0 aliphatic carbocycles. The molecule has 0 radical (unpaired) electrons. The number of carbonyl (C=O) groups is 1. The topological polar surface area (TPSA) is 66.5 Å². The SMILES string of the molecule is CCSc1ccccc1NC(=O)C(C)N(c1ccccc1F)S(C)(=O)=O. The minimum atomic E-state index is -3.87. The van der Waals surface area contributed by atoms with Crippen LogP contribution in [0.3, 0.4) is 0 Å². The average Bonchev–Trinajstić information content (AvgIpc) is 2.57. The van der Waals surface area contributed by atoms with Crippen LogP contribution in [0.25, 0.3) is 0 Å². The lowest BCUT2D eigenvalue weighted by molar-refractivity contribution is -0.116. The van der Waals surface area contributed by atoms with Gasteiger partial charge in [-0.1, -0.05) is 31.2 Å². The molecule has 0 aromatic heterocycles. The third-order valence-corrected chi connectivity index (χ3v) is 5.81. The third-order valence-electron chi connectivity index (χ3n) is 3.62. The predicted molar refractivity (Wildman–Crippen MR) is 105 cm³/mol. The average molecular weight is 397 g/mol. The molecule has 1 atom stereocenters. The standard InChI is InChI=1S/C18H21FN2O3S2/c1-4-25-17-12-8-6-10-15(17)20-18(22)13(2)21(26(3,23)24)16-11-7-5-9-14(16)19/h5-13H,4H2,1-3H3,(H,20,22). The second-order valence-corrected chi connectivity index (χ2v) is 8.77. The summed E-state index contributed by atoms with van der Waals surface area (Å²) in [5.41, 5.74) is 0.437. The summed E-state index contributed by atoms with van der Waals surface area (Å²) >= 11 is 1.56. The van der Waals surface area contributed by atoms with Gasteiger partial charge in [0.1, 0.15) is 11.9 Å². The van der Waals surface area contributed by atoms with Gasteiger partial charge < -0.3 is 5.32 Å². The molecule has 2 aromatic carbocycles. The summed E-state index contributed by atoms with van der Waals surface area (Å²) in [4.78, 5) is 13.6. The van der Waals surface area contributed by atoms with Gasteiger partial charge in [-0.2, -0.15) is 0 Å². The molecule has 2 rings (SSSR count). The first-order chi connectivity index (χ1) is 12.3. The van der Waals surface area contributed by atoms with Gasteiger partial charge in [-0.3, -0.25) is 9.10 Å². The minimum absolute atomic E-state index is 0.158. The Morgan fingerprint density at radius 2 is 1.81 bits per heavy atom. The van der Waals surface area contributed by atoms with E-state index in [-0.39, 0.29) is 5.69 Å². The quantitative estimate of drug-likeness (QED) is 0.724. The molecule has 1 amide bonds. The van der Waals surface area contributed by atoms with E-state index < -0.39 is 27.8 Å². The molecule has 8 heteroatoms. The Labute approximate surface area is 157 Å². The van der Waals surface area contributed by atoms with E-state index in [9.17, 15) is 17.6 Å². The van der Waals surface area contributed by atoms with Crippen molar-refractivity contribution in [2.45, 2.75) is 24.8 Å². The van der Waals surface area contributed by atoms with Gasteiger partial charge in [-0.15, -0.1) is 11.8 Å². The van der Waals surface area contributed by atoms with E-state index in [1.807, 2.05) is 19.1 Å². The number of hydrogen-bond donors (Lipinski definition) is 1. The Morgan fingerprint density at radius 3 is 2.42 bits per heavy atom. The summed E-state index contributed by atoms with van der Waals surface area (Å²) in [5, 5.41) is 2.75. The second-order valence-electron chi connectivity index (χ2n) is 5.60. The molecule has 1 unspecified atom stereocenters.